The Morgan fingerprint density at radius 1 is 1.25 bits per heavy atom. The van der Waals surface area contributed by atoms with Gasteiger partial charge in [-0.25, -0.2) is 4.98 Å². The predicted octanol–water partition coefficient (Wildman–Crippen LogP) is 1.41. The standard InChI is InChI=1S/C12H16N4/c1-10-5-3-4-6-11(10)7-13-8-12-14-9-16(2)15-12/h3-6,9,13H,7-8H2,1-2H3. The lowest BCUT2D eigenvalue weighted by Crippen LogP contribution is -2.14. The second-order valence-electron chi connectivity index (χ2n) is 3.86. The van der Waals surface area contributed by atoms with E-state index in [1.165, 1.54) is 11.1 Å². The Bertz CT molecular complexity index is 462. The molecule has 84 valence electrons. The molecule has 1 aromatic heterocycles. The highest BCUT2D eigenvalue weighted by molar-refractivity contribution is 5.25. The van der Waals surface area contributed by atoms with Crippen LogP contribution in [0.4, 0.5) is 0 Å². The third kappa shape index (κ3) is 2.67. The van der Waals surface area contributed by atoms with Gasteiger partial charge in [0, 0.05) is 13.6 Å². The summed E-state index contributed by atoms with van der Waals surface area (Å²) in [6, 6.07) is 8.37. The first kappa shape index (κ1) is 10.8. The number of hydrogen-bond donors (Lipinski definition) is 1. The maximum Gasteiger partial charge on any atom is 0.164 e. The number of rotatable bonds is 4. The summed E-state index contributed by atoms with van der Waals surface area (Å²) in [7, 11) is 1.87. The Labute approximate surface area is 95.3 Å². The molecule has 16 heavy (non-hydrogen) atoms. The van der Waals surface area contributed by atoms with Crippen LogP contribution in [0.2, 0.25) is 0 Å². The fourth-order valence-electron chi connectivity index (χ4n) is 1.58. The summed E-state index contributed by atoms with van der Waals surface area (Å²) in [5, 5.41) is 7.54. The van der Waals surface area contributed by atoms with Crippen molar-refractivity contribution in [3.8, 4) is 0 Å². The molecule has 1 N–H and O–H groups in total. The number of hydrogen-bond acceptors (Lipinski definition) is 3. The predicted molar refractivity (Wildman–Crippen MR) is 62.7 cm³/mol. The molecule has 0 radical (unpaired) electrons. The quantitative estimate of drug-likeness (QED) is 0.840. The van der Waals surface area contributed by atoms with E-state index in [4.69, 9.17) is 0 Å². The van der Waals surface area contributed by atoms with Crippen molar-refractivity contribution in [2.75, 3.05) is 0 Å². The fourth-order valence-corrected chi connectivity index (χ4v) is 1.58. The van der Waals surface area contributed by atoms with Gasteiger partial charge in [-0.15, -0.1) is 0 Å². The first-order chi connectivity index (χ1) is 7.75. The summed E-state index contributed by atoms with van der Waals surface area (Å²) in [6.45, 7) is 3.68. The maximum atomic E-state index is 4.21. The van der Waals surface area contributed by atoms with E-state index >= 15 is 0 Å². The molecule has 0 bridgehead atoms. The molecular weight excluding hydrogens is 200 g/mol. The van der Waals surface area contributed by atoms with E-state index in [9.17, 15) is 0 Å². The van der Waals surface area contributed by atoms with Gasteiger partial charge in [0.1, 0.15) is 6.33 Å². The monoisotopic (exact) mass is 216 g/mol. The second-order valence-corrected chi connectivity index (χ2v) is 3.86. The molecule has 0 fully saturated rings. The van der Waals surface area contributed by atoms with E-state index in [1.807, 2.05) is 7.05 Å². The average molecular weight is 216 g/mol. The van der Waals surface area contributed by atoms with Gasteiger partial charge in [-0.05, 0) is 18.1 Å². The molecule has 2 rings (SSSR count). The SMILES string of the molecule is Cc1ccccc1CNCc1ncn(C)n1. The van der Waals surface area contributed by atoms with Gasteiger partial charge in [0.2, 0.25) is 0 Å². The molecule has 0 amide bonds. The molecule has 1 heterocycles. The van der Waals surface area contributed by atoms with E-state index in [1.54, 1.807) is 11.0 Å². The van der Waals surface area contributed by atoms with E-state index in [0.717, 1.165) is 12.4 Å². The van der Waals surface area contributed by atoms with E-state index in [2.05, 4.69) is 46.6 Å². The van der Waals surface area contributed by atoms with Gasteiger partial charge in [0.05, 0.1) is 6.54 Å². The van der Waals surface area contributed by atoms with Crippen LogP contribution < -0.4 is 5.32 Å². The van der Waals surface area contributed by atoms with E-state index in [-0.39, 0.29) is 0 Å². The Morgan fingerprint density at radius 2 is 2.06 bits per heavy atom. The van der Waals surface area contributed by atoms with Crippen molar-refractivity contribution < 1.29 is 0 Å². The third-order valence-corrected chi connectivity index (χ3v) is 2.51. The topological polar surface area (TPSA) is 42.7 Å². The fraction of sp³-hybridized carbons (Fsp3) is 0.333. The number of nitrogens with zero attached hydrogens (tertiary/aromatic N) is 3. The minimum absolute atomic E-state index is 0.704. The van der Waals surface area contributed by atoms with Crippen molar-refractivity contribution in [1.82, 2.24) is 20.1 Å². The van der Waals surface area contributed by atoms with Crippen molar-refractivity contribution in [2.45, 2.75) is 20.0 Å². The van der Waals surface area contributed by atoms with E-state index < -0.39 is 0 Å². The van der Waals surface area contributed by atoms with Crippen molar-refractivity contribution >= 4 is 0 Å². The maximum absolute atomic E-state index is 4.21. The van der Waals surface area contributed by atoms with Gasteiger partial charge in [0.15, 0.2) is 5.82 Å². The average Bonchev–Trinajstić information content (AvgIpc) is 2.67. The molecule has 0 aliphatic rings. The van der Waals surface area contributed by atoms with Crippen molar-refractivity contribution in [1.29, 1.82) is 0 Å². The largest absolute Gasteiger partial charge is 0.306 e. The lowest BCUT2D eigenvalue weighted by Gasteiger charge is -2.05. The van der Waals surface area contributed by atoms with Crippen molar-refractivity contribution in [2.24, 2.45) is 7.05 Å². The van der Waals surface area contributed by atoms with Crippen LogP contribution in [0.25, 0.3) is 0 Å². The molecular formula is C12H16N4. The van der Waals surface area contributed by atoms with Crippen LogP contribution >= 0.6 is 0 Å². The smallest absolute Gasteiger partial charge is 0.164 e. The van der Waals surface area contributed by atoms with Gasteiger partial charge in [-0.1, -0.05) is 24.3 Å². The summed E-state index contributed by atoms with van der Waals surface area (Å²) in [6.07, 6.45) is 1.71. The Kier molecular flexibility index (Phi) is 3.31. The zero-order valence-electron chi connectivity index (χ0n) is 9.64. The van der Waals surface area contributed by atoms with Crippen molar-refractivity contribution in [3.05, 3.63) is 47.5 Å². The normalized spacial score (nSPS) is 10.6. The molecule has 4 nitrogen and oxygen atoms in total. The number of aromatic nitrogens is 3. The summed E-state index contributed by atoms with van der Waals surface area (Å²) in [4.78, 5) is 4.16. The molecule has 0 saturated carbocycles. The molecule has 0 spiro atoms. The van der Waals surface area contributed by atoms with E-state index in [0.29, 0.717) is 6.54 Å². The molecule has 0 aliphatic carbocycles. The number of aryl methyl sites for hydroxylation is 2. The van der Waals surface area contributed by atoms with Gasteiger partial charge in [-0.2, -0.15) is 5.10 Å². The highest BCUT2D eigenvalue weighted by Crippen LogP contribution is 2.06. The molecule has 0 aliphatic heterocycles. The third-order valence-electron chi connectivity index (χ3n) is 2.51. The van der Waals surface area contributed by atoms with Crippen LogP contribution in [-0.2, 0) is 20.1 Å². The van der Waals surface area contributed by atoms with Gasteiger partial charge in [-0.3, -0.25) is 4.68 Å². The van der Waals surface area contributed by atoms with Gasteiger partial charge in [0.25, 0.3) is 0 Å². The summed E-state index contributed by atoms with van der Waals surface area (Å²) in [5.41, 5.74) is 2.63. The first-order valence-corrected chi connectivity index (χ1v) is 5.35. The zero-order valence-corrected chi connectivity index (χ0v) is 9.64. The number of benzene rings is 1. The summed E-state index contributed by atoms with van der Waals surface area (Å²) < 4.78 is 1.71. The van der Waals surface area contributed by atoms with Gasteiger partial charge < -0.3 is 5.32 Å². The Hall–Kier alpha value is -1.68. The first-order valence-electron chi connectivity index (χ1n) is 5.35. The highest BCUT2D eigenvalue weighted by Gasteiger charge is 1.99. The molecule has 0 saturated heterocycles. The summed E-state index contributed by atoms with van der Waals surface area (Å²) >= 11 is 0. The molecule has 0 unspecified atom stereocenters. The number of nitrogens with one attached hydrogen (secondary N) is 1. The molecule has 0 atom stereocenters. The Morgan fingerprint density at radius 3 is 2.75 bits per heavy atom. The van der Waals surface area contributed by atoms with Crippen LogP contribution in [0.3, 0.4) is 0 Å². The molecule has 2 aromatic rings. The van der Waals surface area contributed by atoms with Crippen LogP contribution in [-0.4, -0.2) is 14.8 Å². The molecule has 4 heteroatoms. The van der Waals surface area contributed by atoms with Crippen LogP contribution in [0, 0.1) is 6.92 Å². The highest BCUT2D eigenvalue weighted by atomic mass is 15.3. The van der Waals surface area contributed by atoms with Gasteiger partial charge >= 0.3 is 0 Å². The second kappa shape index (κ2) is 4.90. The minimum atomic E-state index is 0.704. The van der Waals surface area contributed by atoms with Crippen molar-refractivity contribution in [3.63, 3.8) is 0 Å². The van der Waals surface area contributed by atoms with Crippen LogP contribution in [0.15, 0.2) is 30.6 Å². The lowest BCUT2D eigenvalue weighted by atomic mass is 10.1. The zero-order chi connectivity index (χ0) is 11.4. The summed E-state index contributed by atoms with van der Waals surface area (Å²) in [5.74, 6) is 0.830. The van der Waals surface area contributed by atoms with Crippen LogP contribution in [0.1, 0.15) is 17.0 Å². The molecule has 1 aromatic carbocycles. The lowest BCUT2D eigenvalue weighted by molar-refractivity contribution is 0.647. The van der Waals surface area contributed by atoms with Crippen LogP contribution in [0.5, 0.6) is 0 Å². The Balaban J connectivity index is 1.87. The minimum Gasteiger partial charge on any atom is -0.306 e.